The Labute approximate surface area is 105 Å². The minimum absolute atomic E-state index is 0.0121. The summed E-state index contributed by atoms with van der Waals surface area (Å²) >= 11 is 0. The van der Waals surface area contributed by atoms with E-state index in [0.29, 0.717) is 18.1 Å². The maximum absolute atomic E-state index is 10.8. The molecular formula is C12H16N2O4. The lowest BCUT2D eigenvalue weighted by atomic mass is 10.2. The first kappa shape index (κ1) is 12.6. The largest absolute Gasteiger partial charge is 0.493 e. The first-order chi connectivity index (χ1) is 8.69. The van der Waals surface area contributed by atoms with Crippen molar-refractivity contribution in [3.8, 4) is 11.5 Å². The lowest BCUT2D eigenvalue weighted by Gasteiger charge is -2.13. The molecule has 0 radical (unpaired) electrons. The van der Waals surface area contributed by atoms with Crippen LogP contribution in [-0.2, 0) is 0 Å². The van der Waals surface area contributed by atoms with Crippen LogP contribution in [0.3, 0.4) is 0 Å². The van der Waals surface area contributed by atoms with Gasteiger partial charge < -0.3 is 14.8 Å². The van der Waals surface area contributed by atoms with Gasteiger partial charge >= 0.3 is 0 Å². The lowest BCUT2D eigenvalue weighted by Crippen LogP contribution is -2.19. The number of hydrogen-bond donors (Lipinski definition) is 1. The van der Waals surface area contributed by atoms with Gasteiger partial charge in [-0.2, -0.15) is 0 Å². The van der Waals surface area contributed by atoms with Gasteiger partial charge in [0.25, 0.3) is 5.69 Å². The van der Waals surface area contributed by atoms with E-state index < -0.39 is 4.92 Å². The fourth-order valence-corrected chi connectivity index (χ4v) is 1.90. The average molecular weight is 252 g/mol. The quantitative estimate of drug-likeness (QED) is 0.638. The molecule has 6 heteroatoms. The number of nitro benzene ring substituents is 1. The number of rotatable bonds is 5. The number of nitrogens with zero attached hydrogens (tertiary/aromatic N) is 1. The second-order valence-corrected chi connectivity index (χ2v) is 4.09. The van der Waals surface area contributed by atoms with Gasteiger partial charge in [0, 0.05) is 12.6 Å². The third-order valence-electron chi connectivity index (χ3n) is 2.70. The van der Waals surface area contributed by atoms with Crippen molar-refractivity contribution in [3.05, 3.63) is 28.3 Å². The highest BCUT2D eigenvalue weighted by Gasteiger charge is 2.18. The zero-order chi connectivity index (χ0) is 13.0. The van der Waals surface area contributed by atoms with Crippen molar-refractivity contribution >= 4 is 5.69 Å². The topological polar surface area (TPSA) is 73.6 Å². The van der Waals surface area contributed by atoms with E-state index in [-0.39, 0.29) is 11.8 Å². The van der Waals surface area contributed by atoms with Crippen LogP contribution in [-0.4, -0.2) is 30.7 Å². The molecule has 0 bridgehead atoms. The van der Waals surface area contributed by atoms with Gasteiger partial charge in [-0.05, 0) is 19.9 Å². The van der Waals surface area contributed by atoms with Gasteiger partial charge in [0.2, 0.25) is 0 Å². The molecule has 0 aliphatic carbocycles. The van der Waals surface area contributed by atoms with Crippen LogP contribution in [0.15, 0.2) is 18.2 Å². The van der Waals surface area contributed by atoms with Crippen LogP contribution in [0.2, 0.25) is 0 Å². The number of non-ortho nitro benzene ring substituents is 1. The first-order valence-corrected chi connectivity index (χ1v) is 5.98. The zero-order valence-corrected chi connectivity index (χ0v) is 10.2. The van der Waals surface area contributed by atoms with Crippen molar-refractivity contribution < 1.29 is 14.4 Å². The minimum Gasteiger partial charge on any atom is -0.493 e. The summed E-state index contributed by atoms with van der Waals surface area (Å²) in [7, 11) is 0. The number of nitrogens with one attached hydrogen (secondary N) is 1. The molecule has 1 unspecified atom stereocenters. The molecule has 2 rings (SSSR count). The number of hydrogen-bond acceptors (Lipinski definition) is 5. The number of nitro groups is 1. The Morgan fingerprint density at radius 2 is 2.22 bits per heavy atom. The maximum Gasteiger partial charge on any atom is 0.276 e. The van der Waals surface area contributed by atoms with E-state index in [9.17, 15) is 10.1 Å². The van der Waals surface area contributed by atoms with Crippen LogP contribution in [0.4, 0.5) is 5.69 Å². The summed E-state index contributed by atoms with van der Waals surface area (Å²) in [6.45, 7) is 3.98. The molecule has 0 saturated carbocycles. The van der Waals surface area contributed by atoms with E-state index >= 15 is 0 Å². The van der Waals surface area contributed by atoms with Crippen molar-refractivity contribution in [1.82, 2.24) is 5.32 Å². The Morgan fingerprint density at radius 1 is 1.44 bits per heavy atom. The standard InChI is InChI=1S/C12H16N2O4/c1-2-17-11-5-9(14(15)16)6-12(7-11)18-10-3-4-13-8-10/h5-7,10,13H,2-4,8H2,1H3. The van der Waals surface area contributed by atoms with Gasteiger partial charge in [0.15, 0.2) is 0 Å². The van der Waals surface area contributed by atoms with E-state index in [1.54, 1.807) is 6.07 Å². The zero-order valence-electron chi connectivity index (χ0n) is 10.2. The molecule has 18 heavy (non-hydrogen) atoms. The summed E-state index contributed by atoms with van der Waals surface area (Å²) in [5.41, 5.74) is -0.0121. The average Bonchev–Trinajstić information content (AvgIpc) is 2.82. The second kappa shape index (κ2) is 5.68. The van der Waals surface area contributed by atoms with E-state index in [2.05, 4.69) is 5.32 Å². The molecule has 1 atom stereocenters. The van der Waals surface area contributed by atoms with Gasteiger partial charge in [-0.15, -0.1) is 0 Å². The van der Waals surface area contributed by atoms with Gasteiger partial charge in [-0.1, -0.05) is 0 Å². The Morgan fingerprint density at radius 3 is 2.83 bits per heavy atom. The first-order valence-electron chi connectivity index (χ1n) is 5.98. The highest BCUT2D eigenvalue weighted by atomic mass is 16.6. The maximum atomic E-state index is 10.8. The molecule has 0 aromatic heterocycles. The summed E-state index contributed by atoms with van der Waals surface area (Å²) < 4.78 is 11.0. The second-order valence-electron chi connectivity index (χ2n) is 4.09. The molecule has 98 valence electrons. The van der Waals surface area contributed by atoms with Crippen LogP contribution >= 0.6 is 0 Å². The third-order valence-corrected chi connectivity index (χ3v) is 2.70. The Bertz CT molecular complexity index is 430. The van der Waals surface area contributed by atoms with E-state index in [1.165, 1.54) is 12.1 Å². The van der Waals surface area contributed by atoms with Crippen LogP contribution in [0.5, 0.6) is 11.5 Å². The van der Waals surface area contributed by atoms with Gasteiger partial charge in [-0.25, -0.2) is 0 Å². The summed E-state index contributed by atoms with van der Waals surface area (Å²) in [4.78, 5) is 10.4. The Balaban J connectivity index is 2.18. The summed E-state index contributed by atoms with van der Waals surface area (Å²) in [5, 5.41) is 14.0. The molecular weight excluding hydrogens is 236 g/mol. The highest BCUT2D eigenvalue weighted by molar-refractivity contribution is 5.46. The van der Waals surface area contributed by atoms with Crippen molar-refractivity contribution in [2.75, 3.05) is 19.7 Å². The Hall–Kier alpha value is -1.82. The van der Waals surface area contributed by atoms with Gasteiger partial charge in [0.05, 0.1) is 23.7 Å². The normalized spacial score (nSPS) is 18.6. The van der Waals surface area contributed by atoms with Crippen LogP contribution in [0, 0.1) is 10.1 Å². The molecule has 1 aromatic rings. The van der Waals surface area contributed by atoms with Crippen molar-refractivity contribution in [1.29, 1.82) is 0 Å². The van der Waals surface area contributed by atoms with Crippen LogP contribution < -0.4 is 14.8 Å². The molecule has 1 fully saturated rings. The van der Waals surface area contributed by atoms with E-state index in [0.717, 1.165) is 19.5 Å². The fraction of sp³-hybridized carbons (Fsp3) is 0.500. The summed E-state index contributed by atoms with van der Waals surface area (Å²) in [5.74, 6) is 0.953. The molecule has 0 amide bonds. The van der Waals surface area contributed by atoms with Gasteiger partial charge in [0.1, 0.15) is 17.6 Å². The lowest BCUT2D eigenvalue weighted by molar-refractivity contribution is -0.385. The molecule has 1 heterocycles. The molecule has 0 spiro atoms. The smallest absolute Gasteiger partial charge is 0.276 e. The predicted octanol–water partition coefficient (Wildman–Crippen LogP) is 1.73. The summed E-state index contributed by atoms with van der Waals surface area (Å²) in [6.07, 6.45) is 0.980. The third kappa shape index (κ3) is 3.10. The van der Waals surface area contributed by atoms with Crippen LogP contribution in [0.1, 0.15) is 13.3 Å². The molecule has 1 aromatic carbocycles. The molecule has 1 saturated heterocycles. The monoisotopic (exact) mass is 252 g/mol. The molecule has 1 aliphatic heterocycles. The highest BCUT2D eigenvalue weighted by Crippen LogP contribution is 2.28. The van der Waals surface area contributed by atoms with Crippen molar-refractivity contribution in [2.45, 2.75) is 19.4 Å². The van der Waals surface area contributed by atoms with E-state index in [4.69, 9.17) is 9.47 Å². The van der Waals surface area contributed by atoms with Crippen molar-refractivity contribution in [3.63, 3.8) is 0 Å². The fourth-order valence-electron chi connectivity index (χ4n) is 1.90. The van der Waals surface area contributed by atoms with Gasteiger partial charge in [-0.3, -0.25) is 10.1 Å². The minimum atomic E-state index is -0.442. The molecule has 1 aliphatic rings. The van der Waals surface area contributed by atoms with Crippen LogP contribution in [0.25, 0.3) is 0 Å². The summed E-state index contributed by atoms with van der Waals surface area (Å²) in [6, 6.07) is 4.53. The van der Waals surface area contributed by atoms with E-state index in [1.807, 2.05) is 6.92 Å². The molecule has 1 N–H and O–H groups in total. The number of ether oxygens (including phenoxy) is 2. The SMILES string of the molecule is CCOc1cc(OC2CCNC2)cc([N+](=O)[O-])c1. The number of benzene rings is 1. The predicted molar refractivity (Wildman–Crippen MR) is 66.2 cm³/mol. The molecule has 6 nitrogen and oxygen atoms in total. The van der Waals surface area contributed by atoms with Crippen molar-refractivity contribution in [2.24, 2.45) is 0 Å². The Kier molecular flexibility index (Phi) is 3.99.